The van der Waals surface area contributed by atoms with Gasteiger partial charge in [0.15, 0.2) is 5.65 Å². The lowest BCUT2D eigenvalue weighted by atomic mass is 10.1. The Labute approximate surface area is 188 Å². The number of nitrogens with zero attached hydrogens (tertiary/aromatic N) is 6. The van der Waals surface area contributed by atoms with Crippen molar-refractivity contribution in [1.29, 1.82) is 0 Å². The fourth-order valence-corrected chi connectivity index (χ4v) is 3.68. The standard InChI is InChI=1S/C24H21N7O2/c1-16-6-2-3-7-17(16)14-30-15-27-22-18(24(30)33)12-28-31(22)11-10-25-23(32)21-13-26-19-8-4-5-9-20(19)29-21/h2-9,12-13,15H,10-11,14H2,1H3,(H,25,32). The van der Waals surface area contributed by atoms with Crippen molar-refractivity contribution >= 4 is 28.0 Å². The smallest absolute Gasteiger partial charge is 0.271 e. The van der Waals surface area contributed by atoms with Crippen molar-refractivity contribution in [2.75, 3.05) is 6.54 Å². The average Bonchev–Trinajstić information content (AvgIpc) is 3.25. The number of benzene rings is 2. The number of aryl methyl sites for hydroxylation is 1. The minimum Gasteiger partial charge on any atom is -0.349 e. The van der Waals surface area contributed by atoms with Crippen LogP contribution in [-0.2, 0) is 13.1 Å². The molecule has 0 aliphatic heterocycles. The molecule has 2 aromatic carbocycles. The molecule has 0 unspecified atom stereocenters. The van der Waals surface area contributed by atoms with Gasteiger partial charge in [-0.15, -0.1) is 0 Å². The van der Waals surface area contributed by atoms with Crippen LogP contribution in [0.4, 0.5) is 0 Å². The summed E-state index contributed by atoms with van der Waals surface area (Å²) in [6, 6.07) is 15.3. The molecule has 3 heterocycles. The number of aromatic nitrogens is 6. The lowest BCUT2D eigenvalue weighted by molar-refractivity contribution is 0.0947. The van der Waals surface area contributed by atoms with Gasteiger partial charge >= 0.3 is 0 Å². The predicted octanol–water partition coefficient (Wildman–Crippen LogP) is 2.32. The van der Waals surface area contributed by atoms with E-state index >= 15 is 0 Å². The Balaban J connectivity index is 1.28. The largest absolute Gasteiger partial charge is 0.349 e. The molecular formula is C24H21N7O2. The molecular weight excluding hydrogens is 418 g/mol. The summed E-state index contributed by atoms with van der Waals surface area (Å²) in [5.41, 5.74) is 4.16. The second kappa shape index (κ2) is 8.62. The molecule has 33 heavy (non-hydrogen) atoms. The van der Waals surface area contributed by atoms with Gasteiger partial charge in [0.05, 0.1) is 36.5 Å². The maximum absolute atomic E-state index is 12.9. The van der Waals surface area contributed by atoms with Gasteiger partial charge in [-0.1, -0.05) is 36.4 Å². The summed E-state index contributed by atoms with van der Waals surface area (Å²) in [4.78, 5) is 38.4. The molecule has 0 saturated heterocycles. The minimum absolute atomic E-state index is 0.148. The summed E-state index contributed by atoms with van der Waals surface area (Å²) in [5, 5.41) is 7.55. The van der Waals surface area contributed by atoms with Crippen LogP contribution in [0.5, 0.6) is 0 Å². The van der Waals surface area contributed by atoms with E-state index in [1.165, 1.54) is 12.4 Å². The van der Waals surface area contributed by atoms with Gasteiger partial charge in [-0.2, -0.15) is 5.10 Å². The van der Waals surface area contributed by atoms with Crippen molar-refractivity contribution in [2.24, 2.45) is 0 Å². The van der Waals surface area contributed by atoms with Gasteiger partial charge in [-0.3, -0.25) is 19.1 Å². The van der Waals surface area contributed by atoms with E-state index in [1.54, 1.807) is 15.6 Å². The van der Waals surface area contributed by atoms with Crippen LogP contribution in [0.15, 0.2) is 72.0 Å². The molecule has 1 N–H and O–H groups in total. The van der Waals surface area contributed by atoms with E-state index in [9.17, 15) is 9.59 Å². The van der Waals surface area contributed by atoms with Crippen molar-refractivity contribution in [1.82, 2.24) is 34.6 Å². The van der Waals surface area contributed by atoms with Gasteiger partial charge in [0.2, 0.25) is 0 Å². The number of para-hydroxylation sites is 2. The van der Waals surface area contributed by atoms with Crippen LogP contribution in [0.25, 0.3) is 22.1 Å². The lowest BCUT2D eigenvalue weighted by Crippen LogP contribution is -2.28. The number of fused-ring (bicyclic) bond motifs is 2. The van der Waals surface area contributed by atoms with E-state index < -0.39 is 0 Å². The first-order chi connectivity index (χ1) is 16.1. The van der Waals surface area contributed by atoms with Gasteiger partial charge < -0.3 is 5.32 Å². The molecule has 0 aliphatic rings. The number of carbonyl (C=O) groups excluding carboxylic acids is 1. The summed E-state index contributed by atoms with van der Waals surface area (Å²) < 4.78 is 3.19. The van der Waals surface area contributed by atoms with Gasteiger partial charge in [-0.05, 0) is 30.2 Å². The predicted molar refractivity (Wildman–Crippen MR) is 124 cm³/mol. The first-order valence-corrected chi connectivity index (χ1v) is 10.6. The van der Waals surface area contributed by atoms with Gasteiger partial charge in [0.25, 0.3) is 11.5 Å². The average molecular weight is 439 g/mol. The summed E-state index contributed by atoms with van der Waals surface area (Å²) in [6.07, 6.45) is 4.52. The molecule has 5 rings (SSSR count). The number of rotatable bonds is 6. The summed E-state index contributed by atoms with van der Waals surface area (Å²) >= 11 is 0. The third-order valence-electron chi connectivity index (χ3n) is 5.51. The third-order valence-corrected chi connectivity index (χ3v) is 5.51. The number of hydrogen-bond acceptors (Lipinski definition) is 6. The Hall–Kier alpha value is -4.40. The van der Waals surface area contributed by atoms with Crippen molar-refractivity contribution in [3.8, 4) is 0 Å². The molecule has 0 aliphatic carbocycles. The van der Waals surface area contributed by atoms with Crippen molar-refractivity contribution in [3.63, 3.8) is 0 Å². The monoisotopic (exact) mass is 439 g/mol. The quantitative estimate of drug-likeness (QED) is 0.435. The fourth-order valence-electron chi connectivity index (χ4n) is 3.68. The molecule has 0 atom stereocenters. The van der Waals surface area contributed by atoms with Crippen LogP contribution >= 0.6 is 0 Å². The lowest BCUT2D eigenvalue weighted by Gasteiger charge is -2.09. The van der Waals surface area contributed by atoms with Crippen molar-refractivity contribution in [3.05, 3.63) is 94.4 Å². The van der Waals surface area contributed by atoms with Crippen LogP contribution in [-0.4, -0.2) is 41.8 Å². The van der Waals surface area contributed by atoms with Crippen molar-refractivity contribution < 1.29 is 4.79 Å². The van der Waals surface area contributed by atoms with E-state index in [-0.39, 0.29) is 17.2 Å². The third kappa shape index (κ3) is 4.08. The van der Waals surface area contributed by atoms with E-state index in [0.717, 1.165) is 16.6 Å². The first kappa shape index (κ1) is 20.5. The molecule has 0 fully saturated rings. The Kier molecular flexibility index (Phi) is 5.35. The van der Waals surface area contributed by atoms with Crippen LogP contribution in [0, 0.1) is 6.92 Å². The normalized spacial score (nSPS) is 11.2. The molecule has 0 radical (unpaired) electrons. The molecule has 9 heteroatoms. The Bertz CT molecular complexity index is 1540. The SMILES string of the molecule is Cc1ccccc1Cn1cnc2c(cnn2CCNC(=O)c2cnc3ccccc3n2)c1=O. The number of amides is 1. The van der Waals surface area contributed by atoms with Crippen LogP contribution in [0.2, 0.25) is 0 Å². The van der Waals surface area contributed by atoms with E-state index in [0.29, 0.717) is 36.2 Å². The molecule has 5 aromatic rings. The zero-order valence-electron chi connectivity index (χ0n) is 18.0. The number of nitrogens with one attached hydrogen (secondary N) is 1. The summed E-state index contributed by atoms with van der Waals surface area (Å²) in [7, 11) is 0. The molecule has 1 amide bonds. The molecule has 0 saturated carbocycles. The van der Waals surface area contributed by atoms with Gasteiger partial charge in [0.1, 0.15) is 17.4 Å². The van der Waals surface area contributed by atoms with Crippen LogP contribution in [0.1, 0.15) is 21.6 Å². The van der Waals surface area contributed by atoms with E-state index in [4.69, 9.17) is 0 Å². The number of hydrogen-bond donors (Lipinski definition) is 1. The Morgan fingerprint density at radius 3 is 2.64 bits per heavy atom. The molecule has 164 valence electrons. The van der Waals surface area contributed by atoms with Gasteiger partial charge in [-0.25, -0.2) is 14.6 Å². The van der Waals surface area contributed by atoms with Gasteiger partial charge in [0, 0.05) is 6.54 Å². The highest BCUT2D eigenvalue weighted by Crippen LogP contribution is 2.11. The van der Waals surface area contributed by atoms with E-state index in [2.05, 4.69) is 25.4 Å². The highest BCUT2D eigenvalue weighted by molar-refractivity contribution is 5.93. The fraction of sp³-hybridized carbons (Fsp3) is 0.167. The zero-order chi connectivity index (χ0) is 22.8. The highest BCUT2D eigenvalue weighted by atomic mass is 16.2. The Morgan fingerprint density at radius 1 is 1.00 bits per heavy atom. The minimum atomic E-state index is -0.321. The topological polar surface area (TPSA) is 108 Å². The first-order valence-electron chi connectivity index (χ1n) is 10.6. The maximum atomic E-state index is 12.9. The highest BCUT2D eigenvalue weighted by Gasteiger charge is 2.12. The number of carbonyl (C=O) groups is 1. The molecule has 9 nitrogen and oxygen atoms in total. The molecule has 0 spiro atoms. The second-order valence-electron chi connectivity index (χ2n) is 7.71. The summed E-state index contributed by atoms with van der Waals surface area (Å²) in [5.74, 6) is -0.321. The zero-order valence-corrected chi connectivity index (χ0v) is 18.0. The van der Waals surface area contributed by atoms with E-state index in [1.807, 2.05) is 55.5 Å². The second-order valence-corrected chi connectivity index (χ2v) is 7.71. The summed E-state index contributed by atoms with van der Waals surface area (Å²) in [6.45, 7) is 3.13. The molecule has 0 bridgehead atoms. The van der Waals surface area contributed by atoms with Crippen LogP contribution in [0.3, 0.4) is 0 Å². The maximum Gasteiger partial charge on any atom is 0.271 e. The van der Waals surface area contributed by atoms with Crippen molar-refractivity contribution in [2.45, 2.75) is 20.0 Å². The van der Waals surface area contributed by atoms with Crippen LogP contribution < -0.4 is 10.9 Å². The molecule has 3 aromatic heterocycles. The Morgan fingerprint density at radius 2 is 1.79 bits per heavy atom.